The monoisotopic (exact) mass is 340 g/mol. The molecule has 3 nitrogen and oxygen atoms in total. The van der Waals surface area contributed by atoms with Gasteiger partial charge in [-0.3, -0.25) is 0 Å². The molecule has 2 rings (SSSR count). The Morgan fingerprint density at radius 2 is 2.26 bits per heavy atom. The molecule has 0 atom stereocenters. The summed E-state index contributed by atoms with van der Waals surface area (Å²) in [6.07, 6.45) is 0.926. The van der Waals surface area contributed by atoms with E-state index < -0.39 is 0 Å². The molecule has 1 heterocycles. The maximum atomic E-state index is 5.72. The van der Waals surface area contributed by atoms with Crippen molar-refractivity contribution < 1.29 is 4.74 Å². The smallest absolute Gasteiger partial charge is 0.0797 e. The van der Waals surface area contributed by atoms with Gasteiger partial charge in [0.2, 0.25) is 0 Å². The number of benzene rings is 1. The van der Waals surface area contributed by atoms with Gasteiger partial charge < -0.3 is 10.5 Å². The second-order valence-corrected chi connectivity index (χ2v) is 6.09. The summed E-state index contributed by atoms with van der Waals surface area (Å²) in [5.41, 5.74) is 10.9. The standard InChI is InChI=1S/C14H17BrN2OS/c1-10-14(19-9-17-10)4-5-18-8-12-3-2-11(7-16)6-13(12)15/h2-3,6,9H,4-5,7-8,16H2,1H3. The van der Waals surface area contributed by atoms with Gasteiger partial charge in [-0.2, -0.15) is 0 Å². The number of halogens is 1. The highest BCUT2D eigenvalue weighted by molar-refractivity contribution is 9.10. The number of nitrogens with two attached hydrogens (primary N) is 1. The Balaban J connectivity index is 1.81. The highest BCUT2D eigenvalue weighted by Gasteiger charge is 2.03. The van der Waals surface area contributed by atoms with Crippen LogP contribution in [0.1, 0.15) is 21.7 Å². The van der Waals surface area contributed by atoms with E-state index in [2.05, 4.69) is 27.0 Å². The third-order valence-corrected chi connectivity index (χ3v) is 4.66. The van der Waals surface area contributed by atoms with E-state index in [1.165, 1.54) is 4.88 Å². The van der Waals surface area contributed by atoms with Crippen molar-refractivity contribution in [3.63, 3.8) is 0 Å². The first kappa shape index (κ1) is 14.7. The number of rotatable bonds is 6. The van der Waals surface area contributed by atoms with Gasteiger partial charge >= 0.3 is 0 Å². The zero-order chi connectivity index (χ0) is 13.7. The topological polar surface area (TPSA) is 48.1 Å². The average molecular weight is 341 g/mol. The van der Waals surface area contributed by atoms with Gasteiger partial charge in [-0.25, -0.2) is 4.98 Å². The zero-order valence-corrected chi connectivity index (χ0v) is 13.3. The number of aryl methyl sites for hydroxylation is 1. The van der Waals surface area contributed by atoms with Crippen molar-refractivity contribution >= 4 is 27.3 Å². The molecule has 0 aliphatic rings. The van der Waals surface area contributed by atoms with Crippen molar-refractivity contribution in [3.05, 3.63) is 49.9 Å². The Kier molecular flexibility index (Phi) is 5.51. The number of nitrogens with zero attached hydrogens (tertiary/aromatic N) is 1. The molecule has 0 saturated heterocycles. The predicted molar refractivity (Wildman–Crippen MR) is 82.2 cm³/mol. The van der Waals surface area contributed by atoms with Crippen LogP contribution >= 0.6 is 27.3 Å². The van der Waals surface area contributed by atoms with Crippen molar-refractivity contribution in [1.29, 1.82) is 0 Å². The summed E-state index contributed by atoms with van der Waals surface area (Å²) in [4.78, 5) is 5.53. The normalized spacial score (nSPS) is 10.9. The van der Waals surface area contributed by atoms with E-state index in [9.17, 15) is 0 Å². The lowest BCUT2D eigenvalue weighted by Gasteiger charge is -2.07. The minimum Gasteiger partial charge on any atom is -0.376 e. The second kappa shape index (κ2) is 7.14. The van der Waals surface area contributed by atoms with Crippen LogP contribution in [-0.4, -0.2) is 11.6 Å². The SMILES string of the molecule is Cc1ncsc1CCOCc1ccc(CN)cc1Br. The zero-order valence-electron chi connectivity index (χ0n) is 10.9. The molecular formula is C14H17BrN2OS. The van der Waals surface area contributed by atoms with Crippen LogP contribution in [0.3, 0.4) is 0 Å². The minimum atomic E-state index is 0.560. The summed E-state index contributed by atoms with van der Waals surface area (Å²) >= 11 is 5.24. The van der Waals surface area contributed by atoms with E-state index in [0.29, 0.717) is 19.8 Å². The fraction of sp³-hybridized carbons (Fsp3) is 0.357. The van der Waals surface area contributed by atoms with Gasteiger partial charge in [0.15, 0.2) is 0 Å². The van der Waals surface area contributed by atoms with Crippen LogP contribution in [0.5, 0.6) is 0 Å². The predicted octanol–water partition coefficient (Wildman–Crippen LogP) is 3.43. The first-order valence-corrected chi connectivity index (χ1v) is 7.82. The number of hydrogen-bond acceptors (Lipinski definition) is 4. The number of hydrogen-bond donors (Lipinski definition) is 1. The van der Waals surface area contributed by atoms with E-state index >= 15 is 0 Å². The van der Waals surface area contributed by atoms with Gasteiger partial charge in [-0.05, 0) is 24.1 Å². The summed E-state index contributed by atoms with van der Waals surface area (Å²) in [7, 11) is 0. The molecule has 2 N–H and O–H groups in total. The third kappa shape index (κ3) is 4.11. The van der Waals surface area contributed by atoms with Crippen molar-refractivity contribution in [1.82, 2.24) is 4.98 Å². The van der Waals surface area contributed by atoms with E-state index in [1.807, 2.05) is 24.6 Å². The molecule has 0 spiro atoms. The molecule has 0 bridgehead atoms. The van der Waals surface area contributed by atoms with Gasteiger partial charge in [-0.1, -0.05) is 28.1 Å². The molecular weight excluding hydrogens is 324 g/mol. The maximum Gasteiger partial charge on any atom is 0.0797 e. The quantitative estimate of drug-likeness (QED) is 0.819. The molecule has 5 heteroatoms. The molecule has 0 radical (unpaired) electrons. The molecule has 0 fully saturated rings. The van der Waals surface area contributed by atoms with E-state index in [0.717, 1.165) is 27.7 Å². The summed E-state index contributed by atoms with van der Waals surface area (Å²) in [5, 5.41) is 0. The largest absolute Gasteiger partial charge is 0.376 e. The van der Waals surface area contributed by atoms with Gasteiger partial charge in [0.1, 0.15) is 0 Å². The lowest BCUT2D eigenvalue weighted by atomic mass is 10.1. The van der Waals surface area contributed by atoms with Gasteiger partial charge in [0.25, 0.3) is 0 Å². The van der Waals surface area contributed by atoms with Crippen LogP contribution in [-0.2, 0) is 24.3 Å². The molecule has 2 aromatic rings. The number of aromatic nitrogens is 1. The maximum absolute atomic E-state index is 5.72. The van der Waals surface area contributed by atoms with Crippen LogP contribution in [0, 0.1) is 6.92 Å². The highest BCUT2D eigenvalue weighted by Crippen LogP contribution is 2.20. The van der Waals surface area contributed by atoms with Gasteiger partial charge in [-0.15, -0.1) is 11.3 Å². The summed E-state index contributed by atoms with van der Waals surface area (Å²) in [5.74, 6) is 0. The van der Waals surface area contributed by atoms with Crippen LogP contribution < -0.4 is 5.73 Å². The molecule has 0 aliphatic carbocycles. The van der Waals surface area contributed by atoms with Crippen LogP contribution in [0.4, 0.5) is 0 Å². The molecule has 102 valence electrons. The molecule has 0 unspecified atom stereocenters. The second-order valence-electron chi connectivity index (χ2n) is 4.29. The molecule has 1 aromatic heterocycles. The fourth-order valence-corrected chi connectivity index (χ4v) is 3.05. The molecule has 0 saturated carbocycles. The molecule has 19 heavy (non-hydrogen) atoms. The van der Waals surface area contributed by atoms with E-state index in [1.54, 1.807) is 11.3 Å². The summed E-state index contributed by atoms with van der Waals surface area (Å²) < 4.78 is 6.78. The van der Waals surface area contributed by atoms with Crippen LogP contribution in [0.15, 0.2) is 28.2 Å². The van der Waals surface area contributed by atoms with Crippen LogP contribution in [0.25, 0.3) is 0 Å². The van der Waals surface area contributed by atoms with Crippen molar-refractivity contribution in [3.8, 4) is 0 Å². The Hall–Kier alpha value is -0.750. The number of ether oxygens (including phenoxy) is 1. The van der Waals surface area contributed by atoms with Crippen molar-refractivity contribution in [2.75, 3.05) is 6.61 Å². The van der Waals surface area contributed by atoms with Crippen molar-refractivity contribution in [2.45, 2.75) is 26.5 Å². The molecule has 1 aromatic carbocycles. The first-order chi connectivity index (χ1) is 9.20. The van der Waals surface area contributed by atoms with Gasteiger partial charge in [0.05, 0.1) is 24.4 Å². The lowest BCUT2D eigenvalue weighted by molar-refractivity contribution is 0.124. The summed E-state index contributed by atoms with van der Waals surface area (Å²) in [6.45, 7) is 3.93. The third-order valence-electron chi connectivity index (χ3n) is 2.93. The Morgan fingerprint density at radius 1 is 1.42 bits per heavy atom. The van der Waals surface area contributed by atoms with Crippen LogP contribution in [0.2, 0.25) is 0 Å². The lowest BCUT2D eigenvalue weighted by Crippen LogP contribution is -2.01. The first-order valence-electron chi connectivity index (χ1n) is 6.14. The Morgan fingerprint density at radius 3 is 2.89 bits per heavy atom. The summed E-state index contributed by atoms with van der Waals surface area (Å²) in [6, 6.07) is 6.15. The van der Waals surface area contributed by atoms with Crippen molar-refractivity contribution in [2.24, 2.45) is 5.73 Å². The van der Waals surface area contributed by atoms with E-state index in [-0.39, 0.29) is 0 Å². The fourth-order valence-electron chi connectivity index (χ4n) is 1.75. The Labute approximate surface area is 125 Å². The minimum absolute atomic E-state index is 0.560. The molecule has 0 aliphatic heterocycles. The van der Waals surface area contributed by atoms with E-state index in [4.69, 9.17) is 10.5 Å². The average Bonchev–Trinajstić information content (AvgIpc) is 2.81. The molecule has 0 amide bonds. The van der Waals surface area contributed by atoms with Gasteiger partial charge in [0, 0.05) is 22.3 Å². The Bertz CT molecular complexity index is 542. The number of thiazole rings is 1. The highest BCUT2D eigenvalue weighted by atomic mass is 79.9.